The lowest BCUT2D eigenvalue weighted by Crippen LogP contribution is -2.15. The van der Waals surface area contributed by atoms with Crippen LogP contribution in [0.4, 0.5) is 0 Å². The number of methoxy groups -OCH3 is 2. The van der Waals surface area contributed by atoms with Crippen molar-refractivity contribution in [2.24, 2.45) is 0 Å². The maximum atomic E-state index is 10.4. The summed E-state index contributed by atoms with van der Waals surface area (Å²) < 4.78 is 10.2. The highest BCUT2D eigenvalue weighted by molar-refractivity contribution is 5.76. The van der Waals surface area contributed by atoms with Crippen molar-refractivity contribution in [3.05, 3.63) is 29.8 Å². The number of aliphatic carboxylic acids is 1. The van der Waals surface area contributed by atoms with Crippen molar-refractivity contribution in [1.82, 2.24) is 0 Å². The Labute approximate surface area is 98.9 Å². The van der Waals surface area contributed by atoms with Crippen molar-refractivity contribution in [2.75, 3.05) is 14.2 Å². The van der Waals surface area contributed by atoms with E-state index in [1.54, 1.807) is 18.2 Å². The van der Waals surface area contributed by atoms with Gasteiger partial charge in [0.2, 0.25) is 0 Å². The van der Waals surface area contributed by atoms with Gasteiger partial charge in [-0.05, 0) is 12.1 Å². The molecule has 0 aliphatic rings. The predicted molar refractivity (Wildman–Crippen MR) is 62.2 cm³/mol. The monoisotopic (exact) mass is 238 g/mol. The van der Waals surface area contributed by atoms with Gasteiger partial charge in [-0.2, -0.15) is 0 Å². The third kappa shape index (κ3) is 3.22. The number of hydrogen-bond donors (Lipinski definition) is 2. The van der Waals surface area contributed by atoms with Gasteiger partial charge in [-0.15, -0.1) is 0 Å². The van der Waals surface area contributed by atoms with Crippen LogP contribution in [-0.4, -0.2) is 36.5 Å². The Balaban J connectivity index is 3.02. The number of carboxylic acids is 1. The van der Waals surface area contributed by atoms with Crippen LogP contribution in [0.2, 0.25) is 0 Å². The van der Waals surface area contributed by atoms with Gasteiger partial charge in [0.25, 0.3) is 0 Å². The minimum atomic E-state index is -1.54. The molecule has 0 aromatic heterocycles. The fraction of sp³-hybridized carbons (Fsp3) is 0.250. The summed E-state index contributed by atoms with van der Waals surface area (Å²) in [4.78, 5) is 10.4. The first kappa shape index (κ1) is 13.1. The summed E-state index contributed by atoms with van der Waals surface area (Å²) in [5.41, 5.74) is 0.632. The minimum absolute atomic E-state index is 0.490. The molecular weight excluding hydrogens is 224 g/mol. The van der Waals surface area contributed by atoms with Gasteiger partial charge in [0.1, 0.15) is 0 Å². The predicted octanol–water partition coefficient (Wildman–Crippen LogP) is 1.16. The molecule has 0 bridgehead atoms. The smallest absolute Gasteiger partial charge is 0.336 e. The fourth-order valence-electron chi connectivity index (χ4n) is 1.32. The van der Waals surface area contributed by atoms with Gasteiger partial charge >= 0.3 is 5.97 Å². The van der Waals surface area contributed by atoms with Crippen molar-refractivity contribution in [1.29, 1.82) is 0 Å². The largest absolute Gasteiger partial charge is 0.493 e. The SMILES string of the molecule is COc1cccc(/C=C/C(O)C(=O)O)c1OC. The average molecular weight is 238 g/mol. The lowest BCUT2D eigenvalue weighted by atomic mass is 10.1. The second-order valence-electron chi connectivity index (χ2n) is 3.22. The van der Waals surface area contributed by atoms with E-state index < -0.39 is 12.1 Å². The Morgan fingerprint density at radius 3 is 2.59 bits per heavy atom. The van der Waals surface area contributed by atoms with Gasteiger partial charge in [0, 0.05) is 5.56 Å². The highest BCUT2D eigenvalue weighted by atomic mass is 16.5. The normalized spacial score (nSPS) is 12.4. The maximum absolute atomic E-state index is 10.4. The van der Waals surface area contributed by atoms with Gasteiger partial charge in [-0.25, -0.2) is 4.79 Å². The van der Waals surface area contributed by atoms with E-state index in [1.165, 1.54) is 26.4 Å². The van der Waals surface area contributed by atoms with Gasteiger partial charge in [0.05, 0.1) is 14.2 Å². The molecule has 1 aromatic carbocycles. The Hall–Kier alpha value is -2.01. The van der Waals surface area contributed by atoms with Crippen LogP contribution in [0.25, 0.3) is 6.08 Å². The third-order valence-electron chi connectivity index (χ3n) is 2.14. The molecule has 0 saturated carbocycles. The van der Waals surface area contributed by atoms with Crippen molar-refractivity contribution in [2.45, 2.75) is 6.10 Å². The van der Waals surface area contributed by atoms with Crippen molar-refractivity contribution < 1.29 is 24.5 Å². The van der Waals surface area contributed by atoms with Gasteiger partial charge < -0.3 is 19.7 Å². The van der Waals surface area contributed by atoms with Crippen LogP contribution in [0.1, 0.15) is 5.56 Å². The lowest BCUT2D eigenvalue weighted by molar-refractivity contribution is -0.143. The number of benzene rings is 1. The molecule has 1 atom stereocenters. The molecule has 0 amide bonds. The molecule has 0 fully saturated rings. The topological polar surface area (TPSA) is 76.0 Å². The van der Waals surface area contributed by atoms with E-state index in [4.69, 9.17) is 19.7 Å². The molecule has 0 saturated heterocycles. The number of carbonyl (C=O) groups is 1. The zero-order valence-electron chi connectivity index (χ0n) is 9.58. The molecule has 5 heteroatoms. The highest BCUT2D eigenvalue weighted by Gasteiger charge is 2.10. The summed E-state index contributed by atoms with van der Waals surface area (Å²) in [5, 5.41) is 17.6. The quantitative estimate of drug-likeness (QED) is 0.805. The van der Waals surface area contributed by atoms with Crippen LogP contribution in [0.15, 0.2) is 24.3 Å². The number of carboxylic acid groups (broad SMARTS) is 1. The summed E-state index contributed by atoms with van der Waals surface area (Å²) in [6.07, 6.45) is 1.10. The molecule has 1 rings (SSSR count). The Kier molecular flexibility index (Phi) is 4.54. The second kappa shape index (κ2) is 5.91. The Morgan fingerprint density at radius 1 is 1.35 bits per heavy atom. The van der Waals surface area contributed by atoms with Gasteiger partial charge in [0.15, 0.2) is 17.6 Å². The number of hydrogen-bond acceptors (Lipinski definition) is 4. The first-order chi connectivity index (χ1) is 8.10. The summed E-state index contributed by atoms with van der Waals surface area (Å²) in [6.45, 7) is 0. The van der Waals surface area contributed by atoms with Crippen LogP contribution in [0, 0.1) is 0 Å². The highest BCUT2D eigenvalue weighted by Crippen LogP contribution is 2.31. The average Bonchev–Trinajstić information content (AvgIpc) is 2.34. The van der Waals surface area contributed by atoms with Crippen LogP contribution in [-0.2, 0) is 4.79 Å². The summed E-state index contributed by atoms with van der Waals surface area (Å²) in [6, 6.07) is 5.20. The molecular formula is C12H14O5. The lowest BCUT2D eigenvalue weighted by Gasteiger charge is -2.10. The number of aliphatic hydroxyl groups is 1. The summed E-state index contributed by atoms with van der Waals surface area (Å²) >= 11 is 0. The van der Waals surface area contributed by atoms with Gasteiger partial charge in [-0.1, -0.05) is 18.2 Å². The van der Waals surface area contributed by atoms with E-state index >= 15 is 0 Å². The molecule has 92 valence electrons. The first-order valence-corrected chi connectivity index (χ1v) is 4.90. The molecule has 1 aromatic rings. The molecule has 0 radical (unpaired) electrons. The zero-order valence-corrected chi connectivity index (χ0v) is 9.58. The Bertz CT molecular complexity index is 425. The van der Waals surface area contributed by atoms with Crippen LogP contribution in [0.5, 0.6) is 11.5 Å². The summed E-state index contributed by atoms with van der Waals surface area (Å²) in [7, 11) is 3.00. The number of rotatable bonds is 5. The first-order valence-electron chi connectivity index (χ1n) is 4.90. The van der Waals surface area contributed by atoms with E-state index in [9.17, 15) is 4.79 Å². The second-order valence-corrected chi connectivity index (χ2v) is 3.22. The van der Waals surface area contributed by atoms with E-state index in [0.29, 0.717) is 17.1 Å². The van der Waals surface area contributed by atoms with Gasteiger partial charge in [-0.3, -0.25) is 0 Å². The van der Waals surface area contributed by atoms with Crippen molar-refractivity contribution in [3.63, 3.8) is 0 Å². The van der Waals surface area contributed by atoms with E-state index in [-0.39, 0.29) is 0 Å². The molecule has 5 nitrogen and oxygen atoms in total. The van der Waals surface area contributed by atoms with E-state index in [0.717, 1.165) is 0 Å². The molecule has 17 heavy (non-hydrogen) atoms. The molecule has 0 aliphatic heterocycles. The van der Waals surface area contributed by atoms with Crippen molar-refractivity contribution >= 4 is 12.0 Å². The number of aliphatic hydroxyl groups excluding tert-OH is 1. The molecule has 1 unspecified atom stereocenters. The Morgan fingerprint density at radius 2 is 2.06 bits per heavy atom. The standard InChI is InChI=1S/C12H14O5/c1-16-10-5-3-4-8(11(10)17-2)6-7-9(13)12(14)15/h3-7,9,13H,1-2H3,(H,14,15)/b7-6+. The van der Waals surface area contributed by atoms with Crippen LogP contribution < -0.4 is 9.47 Å². The van der Waals surface area contributed by atoms with Crippen LogP contribution in [0.3, 0.4) is 0 Å². The molecule has 0 heterocycles. The minimum Gasteiger partial charge on any atom is -0.493 e. The number of para-hydroxylation sites is 1. The molecule has 2 N–H and O–H groups in total. The molecule has 0 aliphatic carbocycles. The zero-order chi connectivity index (χ0) is 12.8. The third-order valence-corrected chi connectivity index (χ3v) is 2.14. The van der Waals surface area contributed by atoms with E-state index in [1.807, 2.05) is 0 Å². The van der Waals surface area contributed by atoms with Crippen LogP contribution >= 0.6 is 0 Å². The van der Waals surface area contributed by atoms with Crippen molar-refractivity contribution in [3.8, 4) is 11.5 Å². The van der Waals surface area contributed by atoms with E-state index in [2.05, 4.69) is 0 Å². The maximum Gasteiger partial charge on any atom is 0.336 e. The molecule has 0 spiro atoms. The summed E-state index contributed by atoms with van der Waals surface area (Å²) in [5.74, 6) is -0.272. The number of ether oxygens (including phenoxy) is 2. The fourth-order valence-corrected chi connectivity index (χ4v) is 1.32.